The monoisotopic (exact) mass is 396 g/mol. The minimum Gasteiger partial charge on any atom is -0.497 e. The molecule has 0 atom stereocenters. The maximum Gasteiger partial charge on any atom is 0.283 e. The molecule has 0 unspecified atom stereocenters. The fourth-order valence-corrected chi connectivity index (χ4v) is 3.06. The molecule has 128 valence electrons. The van der Waals surface area contributed by atoms with Gasteiger partial charge in [-0.2, -0.15) is 0 Å². The van der Waals surface area contributed by atoms with E-state index in [1.807, 2.05) is 0 Å². The van der Waals surface area contributed by atoms with E-state index in [0.29, 0.717) is 21.5 Å². The van der Waals surface area contributed by atoms with E-state index in [1.165, 1.54) is 18.2 Å². The minimum absolute atomic E-state index is 0.0204. The number of methoxy groups -OCH3 is 1. The van der Waals surface area contributed by atoms with Crippen molar-refractivity contribution in [3.05, 3.63) is 63.2 Å². The summed E-state index contributed by atoms with van der Waals surface area (Å²) in [4.78, 5) is 26.0. The second-order valence-corrected chi connectivity index (χ2v) is 6.37. The van der Waals surface area contributed by atoms with Crippen molar-refractivity contribution in [3.63, 3.8) is 0 Å². The average molecular weight is 398 g/mol. The van der Waals surface area contributed by atoms with Crippen molar-refractivity contribution in [1.82, 2.24) is 0 Å². The van der Waals surface area contributed by atoms with Gasteiger partial charge in [-0.3, -0.25) is 9.59 Å². The zero-order valence-electron chi connectivity index (χ0n) is 12.8. The van der Waals surface area contributed by atoms with Crippen LogP contribution in [0.2, 0.25) is 10.0 Å². The lowest BCUT2D eigenvalue weighted by molar-refractivity contribution is -0.120. The predicted molar refractivity (Wildman–Crippen MR) is 98.5 cm³/mol. The summed E-state index contributed by atoms with van der Waals surface area (Å²) in [5, 5.41) is 3.26. The van der Waals surface area contributed by atoms with Crippen LogP contribution >= 0.6 is 34.8 Å². The van der Waals surface area contributed by atoms with Crippen molar-refractivity contribution in [2.45, 2.75) is 0 Å². The summed E-state index contributed by atoms with van der Waals surface area (Å²) in [6, 6.07) is 11.3. The second kappa shape index (κ2) is 6.96. The van der Waals surface area contributed by atoms with Crippen molar-refractivity contribution in [2.75, 3.05) is 17.3 Å². The van der Waals surface area contributed by atoms with E-state index in [9.17, 15) is 9.59 Å². The van der Waals surface area contributed by atoms with Crippen LogP contribution in [0.1, 0.15) is 0 Å². The maximum atomic E-state index is 12.7. The molecule has 5 nitrogen and oxygen atoms in total. The molecular formula is C17H11Cl3N2O3. The average Bonchev–Trinajstić information content (AvgIpc) is 2.78. The molecule has 1 heterocycles. The van der Waals surface area contributed by atoms with Gasteiger partial charge in [-0.15, -0.1) is 0 Å². The molecule has 25 heavy (non-hydrogen) atoms. The van der Waals surface area contributed by atoms with E-state index < -0.39 is 11.8 Å². The highest BCUT2D eigenvalue weighted by atomic mass is 35.5. The van der Waals surface area contributed by atoms with Crippen LogP contribution in [0.3, 0.4) is 0 Å². The normalized spacial score (nSPS) is 14.3. The first-order valence-electron chi connectivity index (χ1n) is 7.06. The van der Waals surface area contributed by atoms with Gasteiger partial charge in [0.25, 0.3) is 11.8 Å². The van der Waals surface area contributed by atoms with Gasteiger partial charge in [-0.05, 0) is 42.5 Å². The highest BCUT2D eigenvalue weighted by Gasteiger charge is 2.39. The minimum atomic E-state index is -0.652. The fourth-order valence-electron chi connectivity index (χ4n) is 2.33. The van der Waals surface area contributed by atoms with E-state index in [0.717, 1.165) is 4.90 Å². The number of hydrogen-bond acceptors (Lipinski definition) is 4. The number of imide groups is 1. The van der Waals surface area contributed by atoms with E-state index in [1.54, 1.807) is 31.4 Å². The lowest BCUT2D eigenvalue weighted by Crippen LogP contribution is -2.32. The smallest absolute Gasteiger partial charge is 0.283 e. The van der Waals surface area contributed by atoms with Gasteiger partial charge in [0.15, 0.2) is 0 Å². The summed E-state index contributed by atoms with van der Waals surface area (Å²) >= 11 is 18.0. The molecule has 0 aliphatic carbocycles. The number of hydrogen-bond donors (Lipinski definition) is 1. The Kier molecular flexibility index (Phi) is 4.90. The van der Waals surface area contributed by atoms with Crippen LogP contribution < -0.4 is 15.0 Å². The molecule has 3 rings (SSSR count). The molecule has 0 saturated carbocycles. The summed E-state index contributed by atoms with van der Waals surface area (Å²) in [6.07, 6.45) is 0. The Bertz CT molecular complexity index is 874. The molecule has 0 spiro atoms. The van der Waals surface area contributed by atoms with Crippen molar-refractivity contribution >= 4 is 58.0 Å². The van der Waals surface area contributed by atoms with Crippen LogP contribution in [-0.4, -0.2) is 18.9 Å². The summed E-state index contributed by atoms with van der Waals surface area (Å²) in [6.45, 7) is 0. The number of amides is 2. The first-order chi connectivity index (χ1) is 11.9. The summed E-state index contributed by atoms with van der Waals surface area (Å²) in [5.41, 5.74) is 0.811. The third-order valence-corrected chi connectivity index (χ3v) is 4.28. The van der Waals surface area contributed by atoms with Gasteiger partial charge in [-0.25, -0.2) is 4.90 Å². The Balaban J connectivity index is 1.90. The maximum absolute atomic E-state index is 12.7. The predicted octanol–water partition coefficient (Wildman–Crippen LogP) is 4.44. The van der Waals surface area contributed by atoms with Gasteiger partial charge in [0, 0.05) is 15.7 Å². The number of rotatable bonds is 4. The number of nitrogens with one attached hydrogen (secondary N) is 1. The van der Waals surface area contributed by atoms with E-state index >= 15 is 0 Å². The van der Waals surface area contributed by atoms with Crippen LogP contribution in [-0.2, 0) is 9.59 Å². The van der Waals surface area contributed by atoms with Gasteiger partial charge in [0.1, 0.15) is 16.5 Å². The highest BCUT2D eigenvalue weighted by Crippen LogP contribution is 2.33. The molecule has 0 bridgehead atoms. The Labute approximate surface area is 158 Å². The van der Waals surface area contributed by atoms with Crippen LogP contribution in [0, 0.1) is 0 Å². The third kappa shape index (κ3) is 3.44. The number of benzene rings is 2. The van der Waals surface area contributed by atoms with Gasteiger partial charge in [0.05, 0.1) is 12.8 Å². The molecule has 8 heteroatoms. The van der Waals surface area contributed by atoms with Crippen LogP contribution in [0.25, 0.3) is 0 Å². The lowest BCUT2D eigenvalue weighted by atomic mass is 10.2. The lowest BCUT2D eigenvalue weighted by Gasteiger charge is -2.16. The highest BCUT2D eigenvalue weighted by molar-refractivity contribution is 6.53. The summed E-state index contributed by atoms with van der Waals surface area (Å²) < 4.78 is 5.08. The topological polar surface area (TPSA) is 58.6 Å². The first-order valence-corrected chi connectivity index (χ1v) is 8.20. The van der Waals surface area contributed by atoms with Crippen LogP contribution in [0.4, 0.5) is 11.4 Å². The SMILES string of the molecule is COc1ccc(NC2=C(Cl)C(=O)N(c3cc(Cl)cc(Cl)c3)C2=O)cc1. The molecule has 1 N–H and O–H groups in total. The molecule has 0 radical (unpaired) electrons. The molecule has 0 saturated heterocycles. The number of halogens is 3. The van der Waals surface area contributed by atoms with Crippen molar-refractivity contribution < 1.29 is 14.3 Å². The molecule has 2 aromatic carbocycles. The van der Waals surface area contributed by atoms with Crippen molar-refractivity contribution in [3.8, 4) is 5.75 Å². The zero-order chi connectivity index (χ0) is 18.1. The van der Waals surface area contributed by atoms with Crippen molar-refractivity contribution in [1.29, 1.82) is 0 Å². The van der Waals surface area contributed by atoms with Crippen LogP contribution in [0.15, 0.2) is 53.2 Å². The zero-order valence-corrected chi connectivity index (χ0v) is 15.1. The molecule has 1 aliphatic heterocycles. The quantitative estimate of drug-likeness (QED) is 0.775. The van der Waals surface area contributed by atoms with E-state index in [-0.39, 0.29) is 16.4 Å². The Morgan fingerprint density at radius 3 is 2.08 bits per heavy atom. The van der Waals surface area contributed by atoms with E-state index in [4.69, 9.17) is 39.5 Å². The number of carbonyl (C=O) groups is 2. The third-order valence-electron chi connectivity index (χ3n) is 3.49. The molecule has 2 amide bonds. The molecule has 2 aromatic rings. The Morgan fingerprint density at radius 2 is 1.52 bits per heavy atom. The molecule has 0 fully saturated rings. The number of carbonyl (C=O) groups excluding carboxylic acids is 2. The Morgan fingerprint density at radius 1 is 0.920 bits per heavy atom. The largest absolute Gasteiger partial charge is 0.497 e. The summed E-state index contributed by atoms with van der Waals surface area (Å²) in [5.74, 6) is -0.584. The number of nitrogens with zero attached hydrogens (tertiary/aromatic N) is 1. The standard InChI is InChI=1S/C17H11Cl3N2O3/c1-25-13-4-2-11(3-5-13)21-15-14(20)16(23)22(17(15)24)12-7-9(18)6-10(19)8-12/h2-8,21H,1H3. The van der Waals surface area contributed by atoms with E-state index in [2.05, 4.69) is 5.32 Å². The molecule has 0 aromatic heterocycles. The number of ether oxygens (including phenoxy) is 1. The Hall–Kier alpha value is -2.21. The van der Waals surface area contributed by atoms with Gasteiger partial charge < -0.3 is 10.1 Å². The fraction of sp³-hybridized carbons (Fsp3) is 0.0588. The molecule has 1 aliphatic rings. The van der Waals surface area contributed by atoms with Crippen molar-refractivity contribution in [2.24, 2.45) is 0 Å². The second-order valence-electron chi connectivity index (χ2n) is 5.12. The van der Waals surface area contributed by atoms with Gasteiger partial charge in [-0.1, -0.05) is 34.8 Å². The number of anilines is 2. The van der Waals surface area contributed by atoms with Gasteiger partial charge >= 0.3 is 0 Å². The van der Waals surface area contributed by atoms with Crippen LogP contribution in [0.5, 0.6) is 5.75 Å². The van der Waals surface area contributed by atoms with Gasteiger partial charge in [0.2, 0.25) is 0 Å². The summed E-state index contributed by atoms with van der Waals surface area (Å²) in [7, 11) is 1.55. The first kappa shape index (κ1) is 17.6. The molecular weight excluding hydrogens is 387 g/mol.